The second kappa shape index (κ2) is 13.1. The van der Waals surface area contributed by atoms with Crippen molar-refractivity contribution >= 4 is 29.5 Å². The molecule has 8 atom stereocenters. The zero-order chi connectivity index (χ0) is 33.2. The Morgan fingerprint density at radius 1 is 0.864 bits per heavy atom. The highest BCUT2D eigenvalue weighted by Gasteiger charge is 2.66. The number of allylic oxidation sites excluding steroid dienone is 2. The van der Waals surface area contributed by atoms with Crippen LogP contribution in [0.25, 0.3) is 0 Å². The van der Waals surface area contributed by atoms with Crippen molar-refractivity contribution in [1.82, 2.24) is 0 Å². The molecule has 1 aromatic rings. The second-order valence-electron chi connectivity index (χ2n) is 12.5. The summed E-state index contributed by atoms with van der Waals surface area (Å²) in [5, 5.41) is 24.0. The molecule has 0 aromatic heterocycles. The molecule has 0 saturated heterocycles. The maximum atomic E-state index is 14.1. The average molecular weight is 615 g/mol. The largest absolute Gasteiger partial charge is 0.457 e. The van der Waals surface area contributed by atoms with Crippen LogP contribution in [0.4, 0.5) is 0 Å². The molecule has 2 aliphatic rings. The monoisotopic (exact) mass is 614 g/mol. The van der Waals surface area contributed by atoms with Crippen molar-refractivity contribution in [2.75, 3.05) is 0 Å². The molecule has 2 N–H and O–H groups in total. The molecule has 3 rings (SSSR count). The average Bonchev–Trinajstić information content (AvgIpc) is 3.14. The normalized spacial score (nSPS) is 34.6. The van der Waals surface area contributed by atoms with E-state index in [0.29, 0.717) is 0 Å². The van der Waals surface area contributed by atoms with Crippen molar-refractivity contribution in [3.63, 3.8) is 0 Å². The number of carbonyl (C=O) groups excluding carboxylic acids is 5. The number of fused-ring (bicyclic) bond motifs is 1. The topological polar surface area (TPSA) is 163 Å². The number of benzene rings is 1. The van der Waals surface area contributed by atoms with E-state index in [-0.39, 0.29) is 12.2 Å². The summed E-state index contributed by atoms with van der Waals surface area (Å²) in [6.07, 6.45) is -4.07. The van der Waals surface area contributed by atoms with Crippen molar-refractivity contribution in [2.24, 2.45) is 17.3 Å². The van der Waals surface area contributed by atoms with Crippen molar-refractivity contribution in [1.29, 1.82) is 0 Å². The standard InChI is InChI=1S/C33H42O11/c1-18-14-15-31(6,7)29(38)27(44-22(5)36)26(43-21(4)35)19(2)25(42-20(3)34)24-30(41-16-23-12-10-9-11-13-23)32(8,39)17-33(24,40)28(18)37/h9-15,18,24-27,30,39-40H,2,16-17H2,1,3-8H3/b15-14+/t18-,24-,25-,26-,27+,30+,32+,33+/m0/s1. The van der Waals surface area contributed by atoms with Crippen LogP contribution < -0.4 is 0 Å². The zero-order valence-electron chi connectivity index (χ0n) is 26.2. The van der Waals surface area contributed by atoms with Gasteiger partial charge >= 0.3 is 17.9 Å². The predicted molar refractivity (Wildman–Crippen MR) is 157 cm³/mol. The van der Waals surface area contributed by atoms with E-state index in [0.717, 1.165) is 26.3 Å². The van der Waals surface area contributed by atoms with Crippen molar-refractivity contribution in [2.45, 2.75) is 97.1 Å². The number of ether oxygens (including phenoxy) is 4. The van der Waals surface area contributed by atoms with E-state index >= 15 is 0 Å². The third kappa shape index (κ3) is 7.34. The molecule has 1 saturated carbocycles. The summed E-state index contributed by atoms with van der Waals surface area (Å²) in [6.45, 7) is 13.1. The van der Waals surface area contributed by atoms with Gasteiger partial charge in [0.15, 0.2) is 17.7 Å². The van der Waals surface area contributed by atoms with Gasteiger partial charge in [-0.1, -0.05) is 56.0 Å². The molecule has 0 bridgehead atoms. The van der Waals surface area contributed by atoms with Gasteiger partial charge in [-0.25, -0.2) is 0 Å². The molecule has 240 valence electrons. The SMILES string of the molecule is C=C1[C@H](OC(C)=O)[C@H]2[C@@H](OCc3ccccc3)[C@](C)(O)C[C@]2(O)C(=O)[C@@H](C)/C=C/C(C)(C)C(=O)[C@H](OC(C)=O)[C@H]1OC(C)=O. The van der Waals surface area contributed by atoms with E-state index in [1.807, 2.05) is 6.07 Å². The molecule has 0 spiro atoms. The summed E-state index contributed by atoms with van der Waals surface area (Å²) < 4.78 is 22.8. The minimum atomic E-state index is -2.36. The second-order valence-corrected chi connectivity index (χ2v) is 12.5. The van der Waals surface area contributed by atoms with Gasteiger partial charge in [-0.15, -0.1) is 0 Å². The summed E-state index contributed by atoms with van der Waals surface area (Å²) in [5.74, 6) is -6.50. The fraction of sp³-hybridized carbons (Fsp3) is 0.545. The zero-order valence-corrected chi connectivity index (χ0v) is 26.2. The summed E-state index contributed by atoms with van der Waals surface area (Å²) in [6, 6.07) is 8.95. The third-order valence-electron chi connectivity index (χ3n) is 8.14. The molecule has 1 fully saturated rings. The number of aliphatic hydroxyl groups is 2. The van der Waals surface area contributed by atoms with Gasteiger partial charge in [0, 0.05) is 44.1 Å². The summed E-state index contributed by atoms with van der Waals surface area (Å²) in [5.41, 5.74) is -5.10. The number of carbonyl (C=O) groups is 5. The van der Waals surface area contributed by atoms with Gasteiger partial charge < -0.3 is 29.2 Å². The molecule has 0 amide bonds. The van der Waals surface area contributed by atoms with E-state index in [2.05, 4.69) is 6.58 Å². The fourth-order valence-corrected chi connectivity index (χ4v) is 6.08. The smallest absolute Gasteiger partial charge is 0.303 e. The molecule has 0 aliphatic heterocycles. The van der Waals surface area contributed by atoms with Crippen LogP contribution in [0.15, 0.2) is 54.6 Å². The number of hydrogen-bond acceptors (Lipinski definition) is 11. The van der Waals surface area contributed by atoms with Crippen LogP contribution in [0.2, 0.25) is 0 Å². The Morgan fingerprint density at radius 2 is 1.39 bits per heavy atom. The Morgan fingerprint density at radius 3 is 1.93 bits per heavy atom. The Kier molecular flexibility index (Phi) is 10.4. The number of Topliss-reactive ketones (excluding diaryl/α,β-unsaturated/α-hetero) is 2. The molecule has 0 unspecified atom stereocenters. The first-order chi connectivity index (χ1) is 20.3. The van der Waals surface area contributed by atoms with E-state index in [1.165, 1.54) is 39.8 Å². The van der Waals surface area contributed by atoms with Gasteiger partial charge in [0.05, 0.1) is 24.2 Å². The molecule has 1 aromatic carbocycles. The number of rotatable bonds is 6. The number of ketones is 2. The van der Waals surface area contributed by atoms with Gasteiger partial charge in [-0.3, -0.25) is 24.0 Å². The minimum absolute atomic E-state index is 0.0483. The molecule has 2 aliphatic carbocycles. The highest BCUT2D eigenvalue weighted by Crippen LogP contribution is 2.50. The van der Waals surface area contributed by atoms with Gasteiger partial charge in [-0.05, 0) is 26.3 Å². The van der Waals surface area contributed by atoms with Crippen LogP contribution in [0.3, 0.4) is 0 Å². The van der Waals surface area contributed by atoms with Gasteiger partial charge in [-0.2, -0.15) is 0 Å². The lowest BCUT2D eigenvalue weighted by Gasteiger charge is -2.41. The molecule has 11 nitrogen and oxygen atoms in total. The van der Waals surface area contributed by atoms with Crippen molar-refractivity contribution < 1.29 is 53.1 Å². The first-order valence-corrected chi connectivity index (χ1v) is 14.4. The molecule has 11 heteroatoms. The van der Waals surface area contributed by atoms with Gasteiger partial charge in [0.25, 0.3) is 0 Å². The molecule has 0 radical (unpaired) electrons. The van der Waals surface area contributed by atoms with Crippen LogP contribution in [-0.2, 0) is 49.5 Å². The molecule has 44 heavy (non-hydrogen) atoms. The lowest BCUT2D eigenvalue weighted by molar-refractivity contribution is -0.177. The molecular formula is C33H42O11. The van der Waals surface area contributed by atoms with Crippen LogP contribution in [0, 0.1) is 17.3 Å². The maximum absolute atomic E-state index is 14.1. The highest BCUT2D eigenvalue weighted by atomic mass is 16.6. The predicted octanol–water partition coefficient (Wildman–Crippen LogP) is 2.80. The van der Waals surface area contributed by atoms with E-state index < -0.39 is 88.8 Å². The Bertz CT molecular complexity index is 1330. The fourth-order valence-electron chi connectivity index (χ4n) is 6.08. The summed E-state index contributed by atoms with van der Waals surface area (Å²) in [4.78, 5) is 65.2. The van der Waals surface area contributed by atoms with Crippen LogP contribution in [0.1, 0.15) is 60.5 Å². The minimum Gasteiger partial charge on any atom is -0.457 e. The first-order valence-electron chi connectivity index (χ1n) is 14.4. The highest BCUT2D eigenvalue weighted by molar-refractivity contribution is 5.94. The lowest BCUT2D eigenvalue weighted by Crippen LogP contribution is -2.57. The first kappa shape index (κ1) is 34.8. The molecule has 0 heterocycles. The van der Waals surface area contributed by atoms with Crippen molar-refractivity contribution in [3.8, 4) is 0 Å². The number of hydrogen-bond donors (Lipinski definition) is 2. The van der Waals surface area contributed by atoms with Crippen LogP contribution in [0.5, 0.6) is 0 Å². The summed E-state index contributed by atoms with van der Waals surface area (Å²) in [7, 11) is 0. The van der Waals surface area contributed by atoms with Crippen LogP contribution in [-0.4, -0.2) is 75.3 Å². The summed E-state index contributed by atoms with van der Waals surface area (Å²) >= 11 is 0. The van der Waals surface area contributed by atoms with E-state index in [9.17, 15) is 34.2 Å². The third-order valence-corrected chi connectivity index (χ3v) is 8.14. The molecular weight excluding hydrogens is 572 g/mol. The van der Waals surface area contributed by atoms with E-state index in [1.54, 1.807) is 24.3 Å². The Balaban J connectivity index is 2.33. The number of esters is 3. The maximum Gasteiger partial charge on any atom is 0.303 e. The van der Waals surface area contributed by atoms with Gasteiger partial charge in [0.2, 0.25) is 6.10 Å². The quantitative estimate of drug-likeness (QED) is 0.275. The Hall–Kier alpha value is -3.67. The van der Waals surface area contributed by atoms with Gasteiger partial charge in [0.1, 0.15) is 11.7 Å². The van der Waals surface area contributed by atoms with Crippen LogP contribution >= 0.6 is 0 Å². The lowest BCUT2D eigenvalue weighted by atomic mass is 9.72. The van der Waals surface area contributed by atoms with Crippen molar-refractivity contribution in [3.05, 3.63) is 60.2 Å². The Labute approximate surface area is 257 Å². The van der Waals surface area contributed by atoms with E-state index in [4.69, 9.17) is 18.9 Å².